The van der Waals surface area contributed by atoms with Crippen molar-refractivity contribution in [3.8, 4) is 11.3 Å². The second-order valence-electron chi connectivity index (χ2n) is 6.22. The van der Waals surface area contributed by atoms with Gasteiger partial charge in [-0.25, -0.2) is 9.38 Å². The predicted octanol–water partition coefficient (Wildman–Crippen LogP) is 5.42. The highest BCUT2D eigenvalue weighted by molar-refractivity contribution is 7.07. The second-order valence-corrected chi connectivity index (χ2v) is 7.50. The van der Waals surface area contributed by atoms with E-state index < -0.39 is 0 Å². The normalized spacial score (nSPS) is 17.8. The molecule has 2 aromatic carbocycles. The second kappa shape index (κ2) is 7.74. The molecule has 1 fully saturated rings. The molecular weight excluding hydrogens is 371 g/mol. The van der Waals surface area contributed by atoms with E-state index in [4.69, 9.17) is 16.3 Å². The van der Waals surface area contributed by atoms with Gasteiger partial charge in [0.1, 0.15) is 11.5 Å². The van der Waals surface area contributed by atoms with Gasteiger partial charge in [0, 0.05) is 22.6 Å². The summed E-state index contributed by atoms with van der Waals surface area (Å²) in [7, 11) is 0. The number of aromatic nitrogens is 1. The van der Waals surface area contributed by atoms with E-state index in [1.54, 1.807) is 18.2 Å². The Morgan fingerprint density at radius 1 is 1.23 bits per heavy atom. The molecule has 1 aliphatic rings. The number of hydrogen-bond acceptors (Lipinski definition) is 3. The van der Waals surface area contributed by atoms with Gasteiger partial charge in [-0.2, -0.15) is 0 Å². The van der Waals surface area contributed by atoms with Crippen LogP contribution in [-0.4, -0.2) is 17.3 Å². The summed E-state index contributed by atoms with van der Waals surface area (Å²) in [6, 6.07) is 14.3. The van der Waals surface area contributed by atoms with Crippen LogP contribution in [0, 0.1) is 5.82 Å². The lowest BCUT2D eigenvalue weighted by Crippen LogP contribution is -2.24. The van der Waals surface area contributed by atoms with Crippen molar-refractivity contribution in [1.82, 2.24) is 4.57 Å². The summed E-state index contributed by atoms with van der Waals surface area (Å²) in [5.74, 6) is -0.325. The van der Waals surface area contributed by atoms with Crippen LogP contribution in [0.2, 0.25) is 5.02 Å². The van der Waals surface area contributed by atoms with E-state index in [1.807, 2.05) is 29.6 Å². The highest BCUT2D eigenvalue weighted by Crippen LogP contribution is 2.26. The molecule has 1 saturated heterocycles. The number of benzene rings is 2. The average molecular weight is 389 g/mol. The van der Waals surface area contributed by atoms with Gasteiger partial charge in [0.15, 0.2) is 4.80 Å². The molecule has 1 atom stereocenters. The Kier molecular flexibility index (Phi) is 5.20. The van der Waals surface area contributed by atoms with Crippen LogP contribution in [0.3, 0.4) is 0 Å². The zero-order valence-corrected chi connectivity index (χ0v) is 15.6. The van der Waals surface area contributed by atoms with Gasteiger partial charge in [-0.3, -0.25) is 0 Å². The highest BCUT2D eigenvalue weighted by atomic mass is 35.5. The first kappa shape index (κ1) is 17.5. The minimum atomic E-state index is -0.325. The number of para-hydroxylation sites is 1. The van der Waals surface area contributed by atoms with Gasteiger partial charge in [0.25, 0.3) is 0 Å². The molecule has 26 heavy (non-hydrogen) atoms. The molecule has 1 aromatic heterocycles. The van der Waals surface area contributed by atoms with Crippen LogP contribution < -0.4 is 4.80 Å². The van der Waals surface area contributed by atoms with Crippen LogP contribution in [0.1, 0.15) is 12.8 Å². The van der Waals surface area contributed by atoms with Crippen molar-refractivity contribution in [1.29, 1.82) is 0 Å². The van der Waals surface area contributed by atoms with E-state index in [1.165, 1.54) is 17.4 Å². The fourth-order valence-electron chi connectivity index (χ4n) is 3.11. The molecule has 3 nitrogen and oxygen atoms in total. The van der Waals surface area contributed by atoms with Crippen LogP contribution in [0.5, 0.6) is 0 Å². The van der Waals surface area contributed by atoms with Gasteiger partial charge in [0.2, 0.25) is 0 Å². The maximum atomic E-state index is 14.1. The third-order valence-corrected chi connectivity index (χ3v) is 5.50. The Balaban J connectivity index is 1.82. The predicted molar refractivity (Wildman–Crippen MR) is 103 cm³/mol. The maximum Gasteiger partial charge on any atom is 0.190 e. The molecular formula is C20H18ClFN2OS. The summed E-state index contributed by atoms with van der Waals surface area (Å²) in [5.41, 5.74) is 2.37. The summed E-state index contributed by atoms with van der Waals surface area (Å²) in [6.45, 7) is 1.49. The quantitative estimate of drug-likeness (QED) is 0.586. The average Bonchev–Trinajstić information content (AvgIpc) is 3.28. The first-order valence-electron chi connectivity index (χ1n) is 8.56. The van der Waals surface area contributed by atoms with Crippen molar-refractivity contribution >= 4 is 28.6 Å². The van der Waals surface area contributed by atoms with Crippen molar-refractivity contribution in [3.05, 3.63) is 69.6 Å². The molecule has 0 amide bonds. The fourth-order valence-corrected chi connectivity index (χ4v) is 4.23. The van der Waals surface area contributed by atoms with Crippen molar-refractivity contribution in [2.45, 2.75) is 25.5 Å². The van der Waals surface area contributed by atoms with E-state index in [9.17, 15) is 4.39 Å². The summed E-state index contributed by atoms with van der Waals surface area (Å²) in [5, 5.41) is 2.73. The van der Waals surface area contributed by atoms with Crippen LogP contribution in [0.25, 0.3) is 11.3 Å². The largest absolute Gasteiger partial charge is 0.376 e. The lowest BCUT2D eigenvalue weighted by molar-refractivity contribution is 0.0968. The van der Waals surface area contributed by atoms with Gasteiger partial charge >= 0.3 is 0 Å². The van der Waals surface area contributed by atoms with Gasteiger partial charge in [-0.15, -0.1) is 11.3 Å². The molecule has 0 bridgehead atoms. The Morgan fingerprint density at radius 3 is 2.88 bits per heavy atom. The Bertz CT molecular complexity index is 976. The Morgan fingerprint density at radius 2 is 2.12 bits per heavy atom. The molecule has 4 rings (SSSR count). The summed E-state index contributed by atoms with van der Waals surface area (Å²) in [6.07, 6.45) is 2.25. The number of nitrogens with zero attached hydrogens (tertiary/aromatic N) is 2. The first-order valence-corrected chi connectivity index (χ1v) is 9.81. The van der Waals surface area contributed by atoms with Crippen LogP contribution in [-0.2, 0) is 11.3 Å². The molecule has 1 aliphatic heterocycles. The number of halogens is 2. The number of ether oxygens (including phenoxy) is 1. The molecule has 3 aromatic rings. The van der Waals surface area contributed by atoms with Crippen LogP contribution >= 0.6 is 22.9 Å². The third kappa shape index (κ3) is 3.75. The lowest BCUT2D eigenvalue weighted by Gasteiger charge is -2.14. The standard InChI is InChI=1S/C20H18ClFN2OS/c21-15-6-3-5-14(11-15)19-13-26-20(23-18-9-2-1-8-17(18)22)24(19)12-16-7-4-10-25-16/h1-3,5-6,8-9,11,13,16H,4,7,10,12H2. The Labute approximate surface area is 160 Å². The Hall–Kier alpha value is -1.95. The zero-order chi connectivity index (χ0) is 17.9. The lowest BCUT2D eigenvalue weighted by atomic mass is 10.1. The van der Waals surface area contributed by atoms with E-state index in [0.717, 1.165) is 35.5 Å². The topological polar surface area (TPSA) is 26.5 Å². The van der Waals surface area contributed by atoms with Gasteiger partial charge in [-0.1, -0.05) is 35.9 Å². The molecule has 0 spiro atoms. The van der Waals surface area contributed by atoms with Crippen LogP contribution in [0.15, 0.2) is 58.9 Å². The smallest absolute Gasteiger partial charge is 0.190 e. The van der Waals surface area contributed by atoms with E-state index in [2.05, 4.69) is 9.56 Å². The first-order chi connectivity index (χ1) is 12.7. The van der Waals surface area contributed by atoms with Crippen molar-refractivity contribution in [3.63, 3.8) is 0 Å². The minimum Gasteiger partial charge on any atom is -0.376 e. The SMILES string of the molecule is Fc1ccccc1N=c1scc(-c2cccc(Cl)c2)n1CC1CCCO1. The molecule has 6 heteroatoms. The van der Waals surface area contributed by atoms with E-state index in [0.29, 0.717) is 17.3 Å². The van der Waals surface area contributed by atoms with E-state index in [-0.39, 0.29) is 11.9 Å². The maximum absolute atomic E-state index is 14.1. The molecule has 0 N–H and O–H groups in total. The third-order valence-electron chi connectivity index (χ3n) is 4.40. The number of thiazole rings is 1. The van der Waals surface area contributed by atoms with Crippen molar-refractivity contribution in [2.75, 3.05) is 6.61 Å². The summed E-state index contributed by atoms with van der Waals surface area (Å²) in [4.78, 5) is 5.32. The zero-order valence-electron chi connectivity index (χ0n) is 14.1. The van der Waals surface area contributed by atoms with Crippen LogP contribution in [0.4, 0.5) is 10.1 Å². The molecule has 1 unspecified atom stereocenters. The van der Waals surface area contributed by atoms with Crippen molar-refractivity contribution in [2.24, 2.45) is 4.99 Å². The molecule has 0 aliphatic carbocycles. The molecule has 0 radical (unpaired) electrons. The van der Waals surface area contributed by atoms with Gasteiger partial charge in [-0.05, 0) is 37.1 Å². The molecule has 134 valence electrons. The van der Waals surface area contributed by atoms with Gasteiger partial charge < -0.3 is 9.30 Å². The number of hydrogen-bond donors (Lipinski definition) is 0. The highest BCUT2D eigenvalue weighted by Gasteiger charge is 2.19. The van der Waals surface area contributed by atoms with E-state index >= 15 is 0 Å². The number of rotatable bonds is 4. The van der Waals surface area contributed by atoms with Crippen molar-refractivity contribution < 1.29 is 9.13 Å². The molecule has 2 heterocycles. The summed E-state index contributed by atoms with van der Waals surface area (Å²) < 4.78 is 22.0. The summed E-state index contributed by atoms with van der Waals surface area (Å²) >= 11 is 7.67. The fraction of sp³-hybridized carbons (Fsp3) is 0.250. The molecule has 0 saturated carbocycles. The minimum absolute atomic E-state index is 0.155. The van der Waals surface area contributed by atoms with Gasteiger partial charge in [0.05, 0.1) is 18.3 Å². The monoisotopic (exact) mass is 388 g/mol.